The monoisotopic (exact) mass is 461 g/mol. The number of fused-ring (bicyclic) bond motifs is 1. The zero-order valence-corrected chi connectivity index (χ0v) is 19.7. The van der Waals surface area contributed by atoms with Crippen molar-refractivity contribution in [2.45, 2.75) is 49.5 Å². The number of amides is 1. The summed E-state index contributed by atoms with van der Waals surface area (Å²) < 4.78 is 28.7. The maximum Gasteiger partial charge on any atom is 0.244 e. The maximum atomic E-state index is 12.8. The summed E-state index contributed by atoms with van der Waals surface area (Å²) >= 11 is 1.23. The van der Waals surface area contributed by atoms with Crippen LogP contribution in [-0.2, 0) is 21.4 Å². The molecule has 3 rings (SSSR count). The Bertz CT molecular complexity index is 1160. The molecular weight excluding hydrogens is 434 g/mol. The van der Waals surface area contributed by atoms with E-state index in [1.54, 1.807) is 31.2 Å². The fraction of sp³-hybridized carbons (Fsp3) is 0.381. The van der Waals surface area contributed by atoms with Gasteiger partial charge in [0.1, 0.15) is 0 Å². The van der Waals surface area contributed by atoms with E-state index in [-0.39, 0.29) is 10.8 Å². The predicted molar refractivity (Wildman–Crippen MR) is 121 cm³/mol. The molecule has 1 unspecified atom stereocenters. The van der Waals surface area contributed by atoms with Crippen molar-refractivity contribution in [1.29, 1.82) is 0 Å². The average molecular weight is 462 g/mol. The lowest BCUT2D eigenvalue weighted by Gasteiger charge is -2.18. The number of nitrogens with zero attached hydrogens (tertiary/aromatic N) is 4. The zero-order valence-electron chi connectivity index (χ0n) is 18.1. The molecule has 0 aliphatic carbocycles. The molecule has 0 aliphatic rings. The Morgan fingerprint density at radius 1 is 1.13 bits per heavy atom. The molecule has 10 heteroatoms. The van der Waals surface area contributed by atoms with E-state index >= 15 is 0 Å². The van der Waals surface area contributed by atoms with Crippen LogP contribution < -0.4 is 5.32 Å². The SMILES string of the molecule is CCN(CC)S(=O)(=O)c1ccc2nnc(SC(C)C(=O)NCc3ccc(C)cc3)n2c1. The second kappa shape index (κ2) is 9.80. The first-order valence-electron chi connectivity index (χ1n) is 10.1. The van der Waals surface area contributed by atoms with Gasteiger partial charge in [-0.05, 0) is 31.5 Å². The smallest absolute Gasteiger partial charge is 0.244 e. The van der Waals surface area contributed by atoms with Crippen LogP contribution >= 0.6 is 11.8 Å². The Hall–Kier alpha value is -2.43. The topological polar surface area (TPSA) is 96.7 Å². The second-order valence-electron chi connectivity index (χ2n) is 7.13. The first-order chi connectivity index (χ1) is 14.8. The van der Waals surface area contributed by atoms with E-state index < -0.39 is 15.3 Å². The van der Waals surface area contributed by atoms with Crippen molar-refractivity contribution in [3.63, 3.8) is 0 Å². The second-order valence-corrected chi connectivity index (χ2v) is 10.4. The molecule has 0 spiro atoms. The lowest BCUT2D eigenvalue weighted by molar-refractivity contribution is -0.120. The van der Waals surface area contributed by atoms with Crippen molar-refractivity contribution in [3.8, 4) is 0 Å². The normalized spacial score (nSPS) is 12.9. The van der Waals surface area contributed by atoms with E-state index in [1.807, 2.05) is 31.2 Å². The summed E-state index contributed by atoms with van der Waals surface area (Å²) in [6.07, 6.45) is 1.52. The lowest BCUT2D eigenvalue weighted by Crippen LogP contribution is -2.31. The largest absolute Gasteiger partial charge is 0.351 e. The van der Waals surface area contributed by atoms with Crippen molar-refractivity contribution in [2.75, 3.05) is 13.1 Å². The molecule has 0 aliphatic heterocycles. The van der Waals surface area contributed by atoms with Gasteiger partial charge >= 0.3 is 0 Å². The summed E-state index contributed by atoms with van der Waals surface area (Å²) in [5.41, 5.74) is 2.71. The van der Waals surface area contributed by atoms with Crippen molar-refractivity contribution in [2.24, 2.45) is 0 Å². The summed E-state index contributed by atoms with van der Waals surface area (Å²) in [5, 5.41) is 11.2. The molecule has 0 bridgehead atoms. The molecule has 1 aromatic carbocycles. The fourth-order valence-corrected chi connectivity index (χ4v) is 5.36. The number of nitrogens with one attached hydrogen (secondary N) is 1. The van der Waals surface area contributed by atoms with Gasteiger partial charge in [-0.2, -0.15) is 4.31 Å². The van der Waals surface area contributed by atoms with Crippen molar-refractivity contribution < 1.29 is 13.2 Å². The van der Waals surface area contributed by atoms with Gasteiger partial charge in [-0.15, -0.1) is 10.2 Å². The van der Waals surface area contributed by atoms with Gasteiger partial charge in [0, 0.05) is 25.8 Å². The Labute approximate surface area is 187 Å². The molecule has 2 heterocycles. The third-order valence-corrected chi connectivity index (χ3v) is 8.02. The molecule has 0 saturated heterocycles. The summed E-state index contributed by atoms with van der Waals surface area (Å²) in [6, 6.07) is 11.1. The van der Waals surface area contributed by atoms with Crippen LogP contribution in [0.25, 0.3) is 5.65 Å². The Kier molecular flexibility index (Phi) is 7.34. The van der Waals surface area contributed by atoms with Gasteiger partial charge in [0.05, 0.1) is 10.1 Å². The Morgan fingerprint density at radius 3 is 2.45 bits per heavy atom. The van der Waals surface area contributed by atoms with Crippen LogP contribution in [0.15, 0.2) is 52.6 Å². The number of hydrogen-bond acceptors (Lipinski definition) is 6. The van der Waals surface area contributed by atoms with Gasteiger partial charge in [0.2, 0.25) is 15.9 Å². The first kappa shape index (κ1) is 23.2. The Morgan fingerprint density at radius 2 is 1.81 bits per heavy atom. The third-order valence-electron chi connectivity index (χ3n) is 4.93. The number of sulfonamides is 1. The fourth-order valence-electron chi connectivity index (χ4n) is 3.05. The van der Waals surface area contributed by atoms with Gasteiger partial charge in [-0.3, -0.25) is 9.20 Å². The lowest BCUT2D eigenvalue weighted by atomic mass is 10.1. The zero-order chi connectivity index (χ0) is 22.6. The van der Waals surface area contributed by atoms with Gasteiger partial charge in [-0.25, -0.2) is 8.42 Å². The van der Waals surface area contributed by atoms with Crippen LogP contribution in [0.2, 0.25) is 0 Å². The molecule has 0 radical (unpaired) electrons. The number of aryl methyl sites for hydroxylation is 1. The van der Waals surface area contributed by atoms with E-state index in [9.17, 15) is 13.2 Å². The van der Waals surface area contributed by atoms with Gasteiger partial charge in [0.25, 0.3) is 0 Å². The number of benzene rings is 1. The minimum absolute atomic E-state index is 0.130. The molecule has 8 nitrogen and oxygen atoms in total. The van der Waals surface area contributed by atoms with Crippen LogP contribution in [0.4, 0.5) is 0 Å². The summed E-state index contributed by atoms with van der Waals surface area (Å²) in [6.45, 7) is 8.62. The minimum Gasteiger partial charge on any atom is -0.351 e. The van der Waals surface area contributed by atoms with Crippen LogP contribution in [0.3, 0.4) is 0 Å². The highest BCUT2D eigenvalue weighted by atomic mass is 32.2. The molecule has 3 aromatic rings. The number of carbonyl (C=O) groups is 1. The standard InChI is InChI=1S/C21H27N5O3S2/c1-5-25(6-2)31(28,29)18-11-12-19-23-24-21(26(19)14-18)30-16(4)20(27)22-13-17-9-7-15(3)8-10-17/h7-12,14,16H,5-6,13H2,1-4H3,(H,22,27). The van der Waals surface area contributed by atoms with Crippen LogP contribution in [0.5, 0.6) is 0 Å². The molecule has 0 fully saturated rings. The third kappa shape index (κ3) is 5.25. The molecular formula is C21H27N5O3S2. The summed E-state index contributed by atoms with van der Waals surface area (Å²) in [5.74, 6) is -0.130. The van der Waals surface area contributed by atoms with E-state index in [0.717, 1.165) is 5.56 Å². The van der Waals surface area contributed by atoms with Crippen LogP contribution in [0.1, 0.15) is 31.9 Å². The highest BCUT2D eigenvalue weighted by Gasteiger charge is 2.24. The summed E-state index contributed by atoms with van der Waals surface area (Å²) in [4.78, 5) is 12.7. The predicted octanol–water partition coefficient (Wildman–Crippen LogP) is 2.87. The Balaban J connectivity index is 1.75. The van der Waals surface area contributed by atoms with Gasteiger partial charge in [-0.1, -0.05) is 55.4 Å². The molecule has 166 valence electrons. The number of carbonyl (C=O) groups excluding carboxylic acids is 1. The van der Waals surface area contributed by atoms with Crippen LogP contribution in [-0.4, -0.2) is 51.6 Å². The van der Waals surface area contributed by atoms with E-state index in [2.05, 4.69) is 15.5 Å². The van der Waals surface area contributed by atoms with E-state index in [1.165, 1.54) is 33.9 Å². The highest BCUT2D eigenvalue weighted by Crippen LogP contribution is 2.24. The molecule has 0 saturated carbocycles. The molecule has 1 N–H and O–H groups in total. The first-order valence-corrected chi connectivity index (χ1v) is 12.4. The van der Waals surface area contributed by atoms with Crippen molar-refractivity contribution >= 4 is 33.3 Å². The number of rotatable bonds is 9. The molecule has 2 aromatic heterocycles. The van der Waals surface area contributed by atoms with Gasteiger partial charge < -0.3 is 5.32 Å². The molecule has 31 heavy (non-hydrogen) atoms. The van der Waals surface area contributed by atoms with E-state index in [4.69, 9.17) is 0 Å². The maximum absolute atomic E-state index is 12.8. The van der Waals surface area contributed by atoms with E-state index in [0.29, 0.717) is 30.4 Å². The molecule has 1 amide bonds. The minimum atomic E-state index is -3.61. The van der Waals surface area contributed by atoms with Gasteiger partial charge in [0.15, 0.2) is 10.8 Å². The molecule has 1 atom stereocenters. The number of thioether (sulfide) groups is 1. The van der Waals surface area contributed by atoms with Crippen LogP contribution in [0, 0.1) is 6.92 Å². The van der Waals surface area contributed by atoms with Crippen molar-refractivity contribution in [3.05, 3.63) is 53.7 Å². The summed E-state index contributed by atoms with van der Waals surface area (Å²) in [7, 11) is -3.61. The highest BCUT2D eigenvalue weighted by molar-refractivity contribution is 8.00. The number of pyridine rings is 1. The quantitative estimate of drug-likeness (QED) is 0.492. The average Bonchev–Trinajstić information content (AvgIpc) is 3.15. The van der Waals surface area contributed by atoms with Crippen molar-refractivity contribution in [1.82, 2.24) is 24.2 Å². The number of hydrogen-bond donors (Lipinski definition) is 1. The number of aromatic nitrogens is 3.